The highest BCUT2D eigenvalue weighted by atomic mass is 19.3. The summed E-state index contributed by atoms with van der Waals surface area (Å²) in [4.78, 5) is 0. The smallest absolute Gasteiger partial charge is 0.266 e. The lowest BCUT2D eigenvalue weighted by molar-refractivity contribution is -0.0865. The van der Waals surface area contributed by atoms with E-state index in [4.69, 9.17) is 22.9 Å². The Kier molecular flexibility index (Phi) is 6.98. The van der Waals surface area contributed by atoms with Crippen LogP contribution in [-0.4, -0.2) is 31.1 Å². The minimum absolute atomic E-state index is 0.0722. The highest BCUT2D eigenvalue weighted by molar-refractivity contribution is 4.97. The number of halogens is 2. The molecule has 0 unspecified atom stereocenters. The molecule has 0 rings (SSSR count). The van der Waals surface area contributed by atoms with Gasteiger partial charge in [-0.15, -0.1) is 0 Å². The van der Waals surface area contributed by atoms with E-state index in [9.17, 15) is 8.78 Å². The molecule has 0 aliphatic rings. The molecule has 0 saturated carbocycles. The molecule has 8 N–H and O–H groups in total. The van der Waals surface area contributed by atoms with E-state index in [0.717, 1.165) is 0 Å². The summed E-state index contributed by atoms with van der Waals surface area (Å²) in [5, 5.41) is 0. The number of hydrogen-bond acceptors (Lipinski definition) is 4. The Labute approximate surface area is 95.7 Å². The van der Waals surface area contributed by atoms with Gasteiger partial charge in [0.25, 0.3) is 5.92 Å². The maximum Gasteiger partial charge on any atom is 0.266 e. The summed E-state index contributed by atoms with van der Waals surface area (Å²) in [5.74, 6) is -2.95. The third-order valence-corrected chi connectivity index (χ3v) is 2.84. The van der Waals surface area contributed by atoms with Crippen molar-refractivity contribution in [1.82, 2.24) is 0 Å². The zero-order valence-corrected chi connectivity index (χ0v) is 9.72. The second-order valence-corrected chi connectivity index (χ2v) is 4.18. The minimum atomic E-state index is -2.95. The largest absolute Gasteiger partial charge is 0.330 e. The van der Waals surface area contributed by atoms with Gasteiger partial charge in [0, 0.05) is 6.42 Å². The fourth-order valence-electron chi connectivity index (χ4n) is 1.76. The van der Waals surface area contributed by atoms with Gasteiger partial charge in [0.2, 0.25) is 0 Å². The highest BCUT2D eigenvalue weighted by Gasteiger charge is 2.48. The Morgan fingerprint density at radius 3 is 1.50 bits per heavy atom. The van der Waals surface area contributed by atoms with Crippen LogP contribution in [0.15, 0.2) is 0 Å². The molecule has 16 heavy (non-hydrogen) atoms. The number of hydrogen-bond donors (Lipinski definition) is 4. The molecule has 0 aromatic rings. The number of nitrogens with two attached hydrogens (primary N) is 4. The molecule has 6 heteroatoms. The van der Waals surface area contributed by atoms with Gasteiger partial charge in [0.15, 0.2) is 0 Å². The summed E-state index contributed by atoms with van der Waals surface area (Å²) in [5.41, 5.74) is 20.1. The Morgan fingerprint density at radius 1 is 0.750 bits per heavy atom. The Bertz CT molecular complexity index is 180. The molecular weight excluding hydrogens is 214 g/mol. The summed E-state index contributed by atoms with van der Waals surface area (Å²) in [6, 6.07) is 0. The molecule has 0 atom stereocenters. The van der Waals surface area contributed by atoms with Gasteiger partial charge in [-0.05, 0) is 45.3 Å². The topological polar surface area (TPSA) is 104 Å². The van der Waals surface area contributed by atoms with E-state index in [2.05, 4.69) is 0 Å². The summed E-state index contributed by atoms with van der Waals surface area (Å²) in [7, 11) is 0. The van der Waals surface area contributed by atoms with E-state index in [0.29, 0.717) is 25.9 Å². The number of rotatable bonds is 9. The average Bonchev–Trinajstić information content (AvgIpc) is 2.23. The van der Waals surface area contributed by atoms with E-state index in [1.807, 2.05) is 0 Å². The van der Waals surface area contributed by atoms with Crippen molar-refractivity contribution in [1.29, 1.82) is 0 Å². The standard InChI is InChI=1S/C10H24F2N4/c11-10(12,5-8-15)9(16,3-1-6-13)4-2-7-14/h1-8,13-16H2. The van der Waals surface area contributed by atoms with Crippen LogP contribution < -0.4 is 22.9 Å². The lowest BCUT2D eigenvalue weighted by atomic mass is 9.81. The molecule has 0 bridgehead atoms. The van der Waals surface area contributed by atoms with Crippen molar-refractivity contribution in [3.05, 3.63) is 0 Å². The van der Waals surface area contributed by atoms with Crippen LogP contribution in [0.1, 0.15) is 32.1 Å². The molecule has 0 aliphatic heterocycles. The van der Waals surface area contributed by atoms with Crippen molar-refractivity contribution in [2.75, 3.05) is 19.6 Å². The van der Waals surface area contributed by atoms with E-state index in [1.165, 1.54) is 0 Å². The molecule has 0 aromatic carbocycles. The third kappa shape index (κ3) is 4.29. The molecule has 0 aromatic heterocycles. The second-order valence-electron chi connectivity index (χ2n) is 4.18. The van der Waals surface area contributed by atoms with Gasteiger partial charge in [-0.2, -0.15) is 0 Å². The predicted octanol–water partition coefficient (Wildman–Crippen LogP) is 0.146. The van der Waals surface area contributed by atoms with Crippen LogP contribution in [0.5, 0.6) is 0 Å². The molecule has 0 saturated heterocycles. The Hall–Kier alpha value is -0.300. The first-order chi connectivity index (χ1) is 7.43. The van der Waals surface area contributed by atoms with Crippen LogP contribution in [0.25, 0.3) is 0 Å². The maximum absolute atomic E-state index is 13.8. The summed E-state index contributed by atoms with van der Waals surface area (Å²) < 4.78 is 27.7. The van der Waals surface area contributed by atoms with Crippen molar-refractivity contribution in [3.63, 3.8) is 0 Å². The molecular formula is C10H24F2N4. The van der Waals surface area contributed by atoms with E-state index < -0.39 is 17.9 Å². The van der Waals surface area contributed by atoms with Crippen molar-refractivity contribution < 1.29 is 8.78 Å². The SMILES string of the molecule is NCCCC(N)(CCCN)C(F)(F)CCN. The second kappa shape index (κ2) is 7.11. The van der Waals surface area contributed by atoms with E-state index in [1.54, 1.807) is 0 Å². The van der Waals surface area contributed by atoms with Crippen molar-refractivity contribution in [2.45, 2.75) is 43.6 Å². The van der Waals surface area contributed by atoms with Crippen LogP contribution in [0.2, 0.25) is 0 Å². The molecule has 4 nitrogen and oxygen atoms in total. The highest BCUT2D eigenvalue weighted by Crippen LogP contribution is 2.36. The van der Waals surface area contributed by atoms with Gasteiger partial charge in [-0.25, -0.2) is 8.78 Å². The van der Waals surface area contributed by atoms with Gasteiger partial charge in [-0.3, -0.25) is 0 Å². The predicted molar refractivity (Wildman–Crippen MR) is 62.1 cm³/mol. The van der Waals surface area contributed by atoms with Crippen LogP contribution in [-0.2, 0) is 0 Å². The van der Waals surface area contributed by atoms with Crippen LogP contribution >= 0.6 is 0 Å². The van der Waals surface area contributed by atoms with Gasteiger partial charge in [0.1, 0.15) is 0 Å². The first-order valence-electron chi connectivity index (χ1n) is 5.70. The van der Waals surface area contributed by atoms with Crippen LogP contribution in [0, 0.1) is 0 Å². The third-order valence-electron chi connectivity index (χ3n) is 2.84. The van der Waals surface area contributed by atoms with Crippen molar-refractivity contribution in [3.8, 4) is 0 Å². The zero-order chi connectivity index (χ0) is 12.7. The van der Waals surface area contributed by atoms with E-state index in [-0.39, 0.29) is 19.4 Å². The minimum Gasteiger partial charge on any atom is -0.330 e. The molecule has 0 heterocycles. The van der Waals surface area contributed by atoms with Gasteiger partial charge >= 0.3 is 0 Å². The molecule has 0 spiro atoms. The fourth-order valence-corrected chi connectivity index (χ4v) is 1.76. The van der Waals surface area contributed by atoms with Gasteiger partial charge in [0.05, 0.1) is 5.54 Å². The van der Waals surface area contributed by atoms with Crippen LogP contribution in [0.4, 0.5) is 8.78 Å². The molecule has 98 valence electrons. The van der Waals surface area contributed by atoms with Gasteiger partial charge in [-0.1, -0.05) is 0 Å². The van der Waals surface area contributed by atoms with Crippen molar-refractivity contribution >= 4 is 0 Å². The molecule has 0 radical (unpaired) electrons. The normalized spacial score (nSPS) is 13.1. The Morgan fingerprint density at radius 2 is 1.19 bits per heavy atom. The average molecular weight is 238 g/mol. The monoisotopic (exact) mass is 238 g/mol. The first-order valence-corrected chi connectivity index (χ1v) is 5.70. The lowest BCUT2D eigenvalue weighted by Crippen LogP contribution is -2.56. The van der Waals surface area contributed by atoms with Gasteiger partial charge < -0.3 is 22.9 Å². The first kappa shape index (κ1) is 15.7. The summed E-state index contributed by atoms with van der Waals surface area (Å²) in [6.45, 7) is 0.651. The fraction of sp³-hybridized carbons (Fsp3) is 1.00. The molecule has 0 fully saturated rings. The Balaban J connectivity index is 4.60. The quantitative estimate of drug-likeness (QED) is 0.459. The number of alkyl halides is 2. The maximum atomic E-state index is 13.8. The van der Waals surface area contributed by atoms with E-state index >= 15 is 0 Å². The van der Waals surface area contributed by atoms with Crippen LogP contribution in [0.3, 0.4) is 0 Å². The lowest BCUT2D eigenvalue weighted by Gasteiger charge is -2.37. The zero-order valence-electron chi connectivity index (χ0n) is 9.72. The summed E-state index contributed by atoms with van der Waals surface area (Å²) >= 11 is 0. The summed E-state index contributed by atoms with van der Waals surface area (Å²) in [6.07, 6.45) is 0.994. The van der Waals surface area contributed by atoms with Crippen molar-refractivity contribution in [2.24, 2.45) is 22.9 Å². The molecule has 0 amide bonds. The molecule has 0 aliphatic carbocycles.